The maximum atomic E-state index is 13.7. The first-order valence-electron chi connectivity index (χ1n) is 6.58. The molecule has 23 heavy (non-hydrogen) atoms. The lowest BCUT2D eigenvalue weighted by Crippen LogP contribution is -2.51. The Morgan fingerprint density at radius 1 is 1.13 bits per heavy atom. The molecule has 0 bridgehead atoms. The van der Waals surface area contributed by atoms with Gasteiger partial charge < -0.3 is 4.90 Å². The molecular formula is C14H12F7NO. The molecule has 0 atom stereocenters. The Hall–Kier alpha value is -1.80. The highest BCUT2D eigenvalue weighted by atomic mass is 19.4. The van der Waals surface area contributed by atoms with Crippen LogP contribution in [0.4, 0.5) is 36.4 Å². The molecule has 1 aliphatic rings. The van der Waals surface area contributed by atoms with Gasteiger partial charge in [-0.1, -0.05) is 6.07 Å². The summed E-state index contributed by atoms with van der Waals surface area (Å²) in [7, 11) is 0. The quantitative estimate of drug-likeness (QED) is 0.588. The average Bonchev–Trinajstić information content (AvgIpc) is 2.83. The van der Waals surface area contributed by atoms with E-state index in [1.54, 1.807) is 0 Å². The zero-order chi connectivity index (χ0) is 17.6. The monoisotopic (exact) mass is 343 g/mol. The smallest absolute Gasteiger partial charge is 0.370 e. The molecule has 1 aromatic carbocycles. The second-order valence-electron chi connectivity index (χ2n) is 5.44. The van der Waals surface area contributed by atoms with Crippen LogP contribution in [0.1, 0.15) is 23.7 Å². The first kappa shape index (κ1) is 17.6. The van der Waals surface area contributed by atoms with Gasteiger partial charge >= 0.3 is 12.4 Å². The van der Waals surface area contributed by atoms with Crippen molar-refractivity contribution in [2.45, 2.75) is 25.7 Å². The fourth-order valence-corrected chi connectivity index (χ4v) is 2.76. The first-order chi connectivity index (χ1) is 10.4. The normalized spacial score (nSPS) is 18.3. The summed E-state index contributed by atoms with van der Waals surface area (Å²) in [5, 5.41) is 0. The molecule has 1 aliphatic heterocycles. The van der Waals surface area contributed by atoms with E-state index in [2.05, 4.69) is 0 Å². The molecule has 0 amide bonds. The van der Waals surface area contributed by atoms with Gasteiger partial charge in [-0.2, -0.15) is 26.3 Å². The molecule has 9 heteroatoms. The maximum Gasteiger partial charge on any atom is 0.404 e. The Morgan fingerprint density at radius 3 is 2.13 bits per heavy atom. The number of nitrogens with zero attached hydrogens (tertiary/aromatic N) is 1. The lowest BCUT2D eigenvalue weighted by Gasteiger charge is -2.34. The summed E-state index contributed by atoms with van der Waals surface area (Å²) in [6.45, 7) is -0.981. The molecule has 0 radical (unpaired) electrons. The number of halogens is 7. The summed E-state index contributed by atoms with van der Waals surface area (Å²) in [4.78, 5) is 12.3. The molecule has 0 aliphatic carbocycles. The molecule has 1 saturated heterocycles. The number of rotatable bonds is 2. The topological polar surface area (TPSA) is 20.3 Å². The predicted octanol–water partition coefficient (Wildman–Crippen LogP) is 4.35. The Kier molecular flexibility index (Phi) is 4.11. The number of carbonyl (C=O) groups is 1. The number of carbonyl (C=O) groups excluding carboxylic acids is 1. The van der Waals surface area contributed by atoms with Crippen molar-refractivity contribution in [2.24, 2.45) is 5.41 Å². The summed E-state index contributed by atoms with van der Waals surface area (Å²) in [6.07, 6.45) is -12.2. The number of hydrogen-bond donors (Lipinski definition) is 0. The molecule has 0 saturated carbocycles. The van der Waals surface area contributed by atoms with Crippen LogP contribution in [0.2, 0.25) is 0 Å². The zero-order valence-electron chi connectivity index (χ0n) is 11.9. The molecule has 1 aromatic rings. The fraction of sp³-hybridized carbons (Fsp3) is 0.500. The molecule has 0 N–H and O–H groups in total. The standard InChI is InChI=1S/C14H12F7NO/c1-8(23)11-9(15)3-2-4-10(11)22-6-5-12(7-22,13(16,17)18)14(19,20)21/h2-4H,5-7H2,1H3. The minimum atomic E-state index is -5.50. The van der Waals surface area contributed by atoms with E-state index in [0.29, 0.717) is 0 Å². The summed E-state index contributed by atoms with van der Waals surface area (Å²) in [5.74, 6) is -1.75. The predicted molar refractivity (Wildman–Crippen MR) is 67.8 cm³/mol. The summed E-state index contributed by atoms with van der Waals surface area (Å²) < 4.78 is 92.0. The highest BCUT2D eigenvalue weighted by Gasteiger charge is 2.72. The van der Waals surface area contributed by atoms with Crippen LogP contribution in [0.25, 0.3) is 0 Å². The van der Waals surface area contributed by atoms with E-state index in [-0.39, 0.29) is 5.69 Å². The van der Waals surface area contributed by atoms with Gasteiger partial charge in [-0.15, -0.1) is 0 Å². The van der Waals surface area contributed by atoms with Crippen LogP contribution in [-0.4, -0.2) is 31.2 Å². The van der Waals surface area contributed by atoms with Crippen LogP contribution in [0, 0.1) is 11.2 Å². The van der Waals surface area contributed by atoms with Crippen molar-refractivity contribution in [3.05, 3.63) is 29.6 Å². The lowest BCUT2D eigenvalue weighted by atomic mass is 9.85. The molecule has 2 rings (SSSR count). The van der Waals surface area contributed by atoms with E-state index in [0.717, 1.165) is 30.0 Å². The highest BCUT2D eigenvalue weighted by molar-refractivity contribution is 6.00. The van der Waals surface area contributed by atoms with Gasteiger partial charge in [0.15, 0.2) is 11.2 Å². The van der Waals surface area contributed by atoms with E-state index in [1.807, 2.05) is 0 Å². The van der Waals surface area contributed by atoms with Crippen LogP contribution in [0.3, 0.4) is 0 Å². The van der Waals surface area contributed by atoms with Crippen molar-refractivity contribution in [3.63, 3.8) is 0 Å². The molecule has 1 heterocycles. The molecule has 128 valence electrons. The second kappa shape index (κ2) is 5.38. The molecule has 0 unspecified atom stereocenters. The van der Waals surface area contributed by atoms with Crippen molar-refractivity contribution < 1.29 is 35.5 Å². The second-order valence-corrected chi connectivity index (χ2v) is 5.44. The van der Waals surface area contributed by atoms with Crippen molar-refractivity contribution in [1.82, 2.24) is 0 Å². The Labute approximate surface area is 126 Å². The van der Waals surface area contributed by atoms with Gasteiger partial charge in [0.2, 0.25) is 0 Å². The Bertz CT molecular complexity index is 607. The van der Waals surface area contributed by atoms with Crippen molar-refractivity contribution in [1.29, 1.82) is 0 Å². The fourth-order valence-electron chi connectivity index (χ4n) is 2.76. The first-order valence-corrected chi connectivity index (χ1v) is 6.58. The molecule has 1 fully saturated rings. The van der Waals surface area contributed by atoms with Crippen LogP contribution >= 0.6 is 0 Å². The molecule has 2 nitrogen and oxygen atoms in total. The number of hydrogen-bond acceptors (Lipinski definition) is 2. The third-order valence-electron chi connectivity index (χ3n) is 4.04. The van der Waals surface area contributed by atoms with Gasteiger partial charge in [0.1, 0.15) is 5.82 Å². The summed E-state index contributed by atoms with van der Waals surface area (Å²) in [5.41, 5.74) is -4.65. The van der Waals surface area contributed by atoms with Gasteiger partial charge in [0.05, 0.1) is 11.3 Å². The van der Waals surface area contributed by atoms with E-state index in [1.165, 1.54) is 0 Å². The minimum Gasteiger partial charge on any atom is -0.370 e. The lowest BCUT2D eigenvalue weighted by molar-refractivity contribution is -0.332. The third kappa shape index (κ3) is 2.76. The summed E-state index contributed by atoms with van der Waals surface area (Å²) >= 11 is 0. The van der Waals surface area contributed by atoms with Gasteiger partial charge in [0.25, 0.3) is 0 Å². The largest absolute Gasteiger partial charge is 0.404 e. The van der Waals surface area contributed by atoms with Gasteiger partial charge in [-0.3, -0.25) is 4.79 Å². The van der Waals surface area contributed by atoms with Crippen molar-refractivity contribution in [3.8, 4) is 0 Å². The number of Topliss-reactive ketones (excluding diaryl/α,β-unsaturated/α-hetero) is 1. The Balaban J connectivity index is 2.48. The molecule has 0 aromatic heterocycles. The summed E-state index contributed by atoms with van der Waals surface area (Å²) in [6, 6.07) is 3.21. The average molecular weight is 343 g/mol. The number of anilines is 1. The van der Waals surface area contributed by atoms with Crippen LogP contribution < -0.4 is 4.90 Å². The van der Waals surface area contributed by atoms with Crippen molar-refractivity contribution in [2.75, 3.05) is 18.0 Å². The van der Waals surface area contributed by atoms with Gasteiger partial charge in [0, 0.05) is 13.1 Å². The van der Waals surface area contributed by atoms with Gasteiger partial charge in [-0.05, 0) is 25.5 Å². The molecular weight excluding hydrogens is 331 g/mol. The third-order valence-corrected chi connectivity index (χ3v) is 4.04. The number of benzene rings is 1. The number of alkyl halides is 6. The number of ketones is 1. The van der Waals surface area contributed by atoms with Crippen LogP contribution in [-0.2, 0) is 0 Å². The van der Waals surface area contributed by atoms with E-state index in [4.69, 9.17) is 0 Å². The van der Waals surface area contributed by atoms with Gasteiger partial charge in [-0.25, -0.2) is 4.39 Å². The highest BCUT2D eigenvalue weighted by Crippen LogP contribution is 2.56. The maximum absolute atomic E-state index is 13.7. The minimum absolute atomic E-state index is 0.257. The van der Waals surface area contributed by atoms with E-state index < -0.39 is 54.4 Å². The van der Waals surface area contributed by atoms with Crippen LogP contribution in [0.5, 0.6) is 0 Å². The van der Waals surface area contributed by atoms with Crippen LogP contribution in [0.15, 0.2) is 18.2 Å². The van der Waals surface area contributed by atoms with Crippen molar-refractivity contribution >= 4 is 11.5 Å². The van der Waals surface area contributed by atoms with E-state index in [9.17, 15) is 35.5 Å². The Morgan fingerprint density at radius 2 is 1.70 bits per heavy atom. The molecule has 0 spiro atoms. The van der Waals surface area contributed by atoms with E-state index >= 15 is 0 Å². The zero-order valence-corrected chi connectivity index (χ0v) is 11.9. The SMILES string of the molecule is CC(=O)c1c(F)cccc1N1CCC(C(F)(F)F)(C(F)(F)F)C1.